The Morgan fingerprint density at radius 1 is 0.815 bits per heavy atom. The van der Waals surface area contributed by atoms with Gasteiger partial charge >= 0.3 is 0 Å². The van der Waals surface area contributed by atoms with Crippen LogP contribution in [0.15, 0.2) is 24.3 Å². The third kappa shape index (κ3) is 12.1. The van der Waals surface area contributed by atoms with Gasteiger partial charge in [0, 0.05) is 6.04 Å². The van der Waals surface area contributed by atoms with Crippen molar-refractivity contribution in [3.05, 3.63) is 29.8 Å². The number of nitrogens with two attached hydrogens (primary N) is 1. The maximum absolute atomic E-state index is 10.3. The molecule has 0 bridgehead atoms. The summed E-state index contributed by atoms with van der Waals surface area (Å²) in [4.78, 5) is 0. The van der Waals surface area contributed by atoms with Crippen molar-refractivity contribution in [2.45, 2.75) is 109 Å². The van der Waals surface area contributed by atoms with E-state index in [1.165, 1.54) is 70.6 Å². The molecule has 0 fully saturated rings. The van der Waals surface area contributed by atoms with Crippen molar-refractivity contribution >= 4 is 0 Å². The summed E-state index contributed by atoms with van der Waals surface area (Å²) in [6.45, 7) is 2.27. The molecular formula is C24H43NO2. The zero-order valence-electron chi connectivity index (χ0n) is 17.8. The Morgan fingerprint density at radius 2 is 1.30 bits per heavy atom. The summed E-state index contributed by atoms with van der Waals surface area (Å²) in [6.07, 6.45) is 17.2. The number of benzene rings is 1. The molecule has 3 N–H and O–H groups in total. The first-order valence-electron chi connectivity index (χ1n) is 11.2. The minimum Gasteiger partial charge on any atom is -0.497 e. The van der Waals surface area contributed by atoms with Crippen molar-refractivity contribution in [1.82, 2.24) is 0 Å². The summed E-state index contributed by atoms with van der Waals surface area (Å²) in [5.41, 5.74) is 7.33. The first kappa shape index (κ1) is 24.0. The Labute approximate surface area is 167 Å². The first-order chi connectivity index (χ1) is 13.2. The molecule has 2 atom stereocenters. The average molecular weight is 378 g/mol. The fourth-order valence-electron chi connectivity index (χ4n) is 3.58. The Morgan fingerprint density at radius 3 is 1.78 bits per heavy atom. The molecule has 0 saturated heterocycles. The monoisotopic (exact) mass is 377 g/mol. The van der Waals surface area contributed by atoms with Crippen LogP contribution in [-0.2, 0) is 6.42 Å². The number of unbranched alkanes of at least 4 members (excludes halogenated alkanes) is 11. The predicted octanol–water partition coefficient (Wildman–Crippen LogP) is 6.02. The summed E-state index contributed by atoms with van der Waals surface area (Å²) in [6, 6.07) is 7.75. The minimum absolute atomic E-state index is 0.189. The highest BCUT2D eigenvalue weighted by atomic mass is 16.5. The first-order valence-corrected chi connectivity index (χ1v) is 11.2. The molecule has 1 rings (SSSR count). The normalized spacial score (nSPS) is 13.5. The quantitative estimate of drug-likeness (QED) is 0.326. The van der Waals surface area contributed by atoms with Gasteiger partial charge in [-0.15, -0.1) is 0 Å². The summed E-state index contributed by atoms with van der Waals surface area (Å²) < 4.78 is 5.17. The Balaban J connectivity index is 1.97. The van der Waals surface area contributed by atoms with Gasteiger partial charge in [0.15, 0.2) is 0 Å². The van der Waals surface area contributed by atoms with E-state index in [0.29, 0.717) is 6.42 Å². The van der Waals surface area contributed by atoms with Crippen LogP contribution in [0.4, 0.5) is 0 Å². The lowest BCUT2D eigenvalue weighted by atomic mass is 9.97. The van der Waals surface area contributed by atoms with Crippen LogP contribution in [0.3, 0.4) is 0 Å². The van der Waals surface area contributed by atoms with E-state index in [0.717, 1.165) is 24.2 Å². The number of methoxy groups -OCH3 is 1. The number of aliphatic hydroxyl groups is 1. The maximum Gasteiger partial charge on any atom is 0.118 e. The number of ether oxygens (including phenoxy) is 1. The van der Waals surface area contributed by atoms with E-state index in [1.54, 1.807) is 7.11 Å². The number of hydrogen-bond donors (Lipinski definition) is 2. The minimum atomic E-state index is -0.407. The molecule has 0 saturated carbocycles. The fourth-order valence-corrected chi connectivity index (χ4v) is 3.58. The van der Waals surface area contributed by atoms with Crippen molar-refractivity contribution < 1.29 is 9.84 Å². The molecule has 0 aliphatic carbocycles. The topological polar surface area (TPSA) is 55.5 Å². The lowest BCUT2D eigenvalue weighted by Gasteiger charge is -2.19. The fraction of sp³-hybridized carbons (Fsp3) is 0.750. The summed E-state index contributed by atoms with van der Waals surface area (Å²) >= 11 is 0. The van der Waals surface area contributed by atoms with Crippen LogP contribution in [0.1, 0.15) is 96.0 Å². The molecule has 0 heterocycles. The van der Waals surface area contributed by atoms with Crippen LogP contribution >= 0.6 is 0 Å². The van der Waals surface area contributed by atoms with Crippen molar-refractivity contribution in [2.24, 2.45) is 5.73 Å². The van der Waals surface area contributed by atoms with Crippen molar-refractivity contribution in [3.63, 3.8) is 0 Å². The summed E-state index contributed by atoms with van der Waals surface area (Å²) in [5.74, 6) is 0.851. The third-order valence-electron chi connectivity index (χ3n) is 5.48. The van der Waals surface area contributed by atoms with E-state index >= 15 is 0 Å². The van der Waals surface area contributed by atoms with Gasteiger partial charge in [-0.05, 0) is 30.5 Å². The van der Waals surface area contributed by atoms with E-state index < -0.39 is 6.10 Å². The highest BCUT2D eigenvalue weighted by Crippen LogP contribution is 2.16. The molecule has 1 aromatic carbocycles. The second-order valence-electron chi connectivity index (χ2n) is 7.96. The highest BCUT2D eigenvalue weighted by Gasteiger charge is 2.14. The Bertz CT molecular complexity index is 446. The van der Waals surface area contributed by atoms with Crippen LogP contribution in [0.5, 0.6) is 5.75 Å². The molecule has 0 unspecified atom stereocenters. The summed E-state index contributed by atoms with van der Waals surface area (Å²) in [5, 5.41) is 10.3. The van der Waals surface area contributed by atoms with Gasteiger partial charge in [-0.2, -0.15) is 0 Å². The van der Waals surface area contributed by atoms with Gasteiger partial charge in [-0.1, -0.05) is 96.1 Å². The second-order valence-corrected chi connectivity index (χ2v) is 7.96. The molecule has 0 spiro atoms. The zero-order chi connectivity index (χ0) is 19.7. The second kappa shape index (κ2) is 15.9. The van der Waals surface area contributed by atoms with Gasteiger partial charge in [0.2, 0.25) is 0 Å². The van der Waals surface area contributed by atoms with Gasteiger partial charge < -0.3 is 15.6 Å². The maximum atomic E-state index is 10.3. The largest absolute Gasteiger partial charge is 0.497 e. The molecule has 3 heteroatoms. The van der Waals surface area contributed by atoms with E-state index in [2.05, 4.69) is 6.92 Å². The molecule has 156 valence electrons. The number of rotatable bonds is 17. The molecule has 3 nitrogen and oxygen atoms in total. The molecule has 0 aliphatic rings. The molecule has 0 amide bonds. The lowest BCUT2D eigenvalue weighted by molar-refractivity contribution is 0.131. The molecule has 1 aromatic rings. The third-order valence-corrected chi connectivity index (χ3v) is 5.48. The van der Waals surface area contributed by atoms with Crippen molar-refractivity contribution in [1.29, 1.82) is 0 Å². The van der Waals surface area contributed by atoms with Gasteiger partial charge in [-0.25, -0.2) is 0 Å². The van der Waals surface area contributed by atoms with Gasteiger partial charge in [0.25, 0.3) is 0 Å². The lowest BCUT2D eigenvalue weighted by Crippen LogP contribution is -2.36. The van der Waals surface area contributed by atoms with Crippen LogP contribution < -0.4 is 10.5 Å². The molecular weight excluding hydrogens is 334 g/mol. The van der Waals surface area contributed by atoms with Gasteiger partial charge in [-0.3, -0.25) is 0 Å². The van der Waals surface area contributed by atoms with E-state index in [1.807, 2.05) is 24.3 Å². The van der Waals surface area contributed by atoms with E-state index in [-0.39, 0.29) is 6.04 Å². The van der Waals surface area contributed by atoms with E-state index in [9.17, 15) is 5.11 Å². The van der Waals surface area contributed by atoms with Crippen molar-refractivity contribution in [3.8, 4) is 5.75 Å². The molecule has 0 aliphatic heterocycles. The number of aliphatic hydroxyl groups excluding tert-OH is 1. The molecule has 27 heavy (non-hydrogen) atoms. The molecule has 0 aromatic heterocycles. The van der Waals surface area contributed by atoms with Crippen LogP contribution in [-0.4, -0.2) is 24.4 Å². The summed E-state index contributed by atoms with van der Waals surface area (Å²) in [7, 11) is 1.67. The SMILES string of the molecule is CCCCCCCCCCCCCC[C@H](O)[C@@H](N)Cc1ccc(OC)cc1. The predicted molar refractivity (Wildman–Crippen MR) is 116 cm³/mol. The standard InChI is InChI=1S/C24H43NO2/c1-3-4-5-6-7-8-9-10-11-12-13-14-15-24(26)23(25)20-21-16-18-22(27-2)19-17-21/h16-19,23-24,26H,3-15,20,25H2,1-2H3/t23-,24-/m0/s1. The zero-order valence-corrected chi connectivity index (χ0v) is 17.8. The van der Waals surface area contributed by atoms with Gasteiger partial charge in [0.05, 0.1) is 13.2 Å². The van der Waals surface area contributed by atoms with Crippen LogP contribution in [0.2, 0.25) is 0 Å². The average Bonchev–Trinajstić information content (AvgIpc) is 2.69. The van der Waals surface area contributed by atoms with Crippen LogP contribution in [0.25, 0.3) is 0 Å². The Kier molecular flexibility index (Phi) is 14.2. The highest BCUT2D eigenvalue weighted by molar-refractivity contribution is 5.27. The smallest absolute Gasteiger partial charge is 0.118 e. The van der Waals surface area contributed by atoms with Gasteiger partial charge in [0.1, 0.15) is 5.75 Å². The Hall–Kier alpha value is -1.06. The van der Waals surface area contributed by atoms with Crippen LogP contribution in [0, 0.1) is 0 Å². The van der Waals surface area contributed by atoms with Crippen molar-refractivity contribution in [2.75, 3.05) is 7.11 Å². The van der Waals surface area contributed by atoms with E-state index in [4.69, 9.17) is 10.5 Å². The molecule has 0 radical (unpaired) electrons. The number of hydrogen-bond acceptors (Lipinski definition) is 3.